The number of para-hydroxylation sites is 1. The van der Waals surface area contributed by atoms with Crippen molar-refractivity contribution < 1.29 is 13.9 Å². The van der Waals surface area contributed by atoms with Gasteiger partial charge in [-0.05, 0) is 38.1 Å². The minimum absolute atomic E-state index is 0.0308. The number of ether oxygens (including phenoxy) is 1. The number of rotatable bonds is 5. The van der Waals surface area contributed by atoms with E-state index in [-0.39, 0.29) is 10.6 Å². The number of benzene rings is 2. The molecule has 0 unspecified atom stereocenters. The van der Waals surface area contributed by atoms with Gasteiger partial charge in [0.2, 0.25) is 0 Å². The van der Waals surface area contributed by atoms with Crippen LogP contribution in [0.25, 0.3) is 11.0 Å². The van der Waals surface area contributed by atoms with Crippen LogP contribution in [0.2, 0.25) is 5.02 Å². The van der Waals surface area contributed by atoms with Gasteiger partial charge in [0.15, 0.2) is 5.56 Å². The summed E-state index contributed by atoms with van der Waals surface area (Å²) in [6.45, 7) is 5.72. The first-order valence-electron chi connectivity index (χ1n) is 8.33. The van der Waals surface area contributed by atoms with E-state index in [0.717, 1.165) is 18.8 Å². The molecule has 6 heteroatoms. The van der Waals surface area contributed by atoms with Gasteiger partial charge in [0.05, 0.1) is 5.02 Å². The number of esters is 1. The number of carbonyl (C=O) groups is 1. The van der Waals surface area contributed by atoms with E-state index in [1.54, 1.807) is 42.5 Å². The van der Waals surface area contributed by atoms with Gasteiger partial charge in [-0.15, -0.1) is 0 Å². The van der Waals surface area contributed by atoms with Gasteiger partial charge >= 0.3 is 11.6 Å². The summed E-state index contributed by atoms with van der Waals surface area (Å²) in [6.07, 6.45) is 0. The molecule has 0 aliphatic carbocycles. The van der Waals surface area contributed by atoms with Gasteiger partial charge in [-0.1, -0.05) is 29.8 Å². The minimum Gasteiger partial charge on any atom is -0.423 e. The molecule has 2 aromatic carbocycles. The van der Waals surface area contributed by atoms with Crippen molar-refractivity contribution in [3.05, 3.63) is 69.5 Å². The molecule has 0 radical (unpaired) electrons. The van der Waals surface area contributed by atoms with Crippen LogP contribution in [0.1, 0.15) is 24.2 Å². The maximum atomic E-state index is 12.4. The van der Waals surface area contributed by atoms with Crippen molar-refractivity contribution in [3.63, 3.8) is 0 Å². The Kier molecular flexibility index (Phi) is 5.28. The van der Waals surface area contributed by atoms with Gasteiger partial charge in [0, 0.05) is 30.2 Å². The Morgan fingerprint density at radius 1 is 1.12 bits per heavy atom. The first-order valence-corrected chi connectivity index (χ1v) is 8.71. The van der Waals surface area contributed by atoms with Crippen LogP contribution in [-0.2, 0) is 0 Å². The van der Waals surface area contributed by atoms with Crippen molar-refractivity contribution in [2.75, 3.05) is 18.0 Å². The zero-order chi connectivity index (χ0) is 18.7. The molecule has 1 aromatic heterocycles. The summed E-state index contributed by atoms with van der Waals surface area (Å²) >= 11 is 6.33. The van der Waals surface area contributed by atoms with Crippen LogP contribution in [0.15, 0.2) is 57.7 Å². The van der Waals surface area contributed by atoms with Gasteiger partial charge in [-0.2, -0.15) is 0 Å². The lowest BCUT2D eigenvalue weighted by molar-refractivity contribution is 0.0731. The Hall–Kier alpha value is -2.79. The lowest BCUT2D eigenvalue weighted by Crippen LogP contribution is -2.22. The molecule has 134 valence electrons. The molecule has 0 saturated carbocycles. The highest BCUT2D eigenvalue weighted by Crippen LogP contribution is 2.29. The van der Waals surface area contributed by atoms with Gasteiger partial charge in [-0.25, -0.2) is 9.59 Å². The molecule has 5 nitrogen and oxygen atoms in total. The lowest BCUT2D eigenvalue weighted by atomic mass is 10.1. The highest BCUT2D eigenvalue weighted by Gasteiger charge is 2.22. The van der Waals surface area contributed by atoms with Crippen molar-refractivity contribution in [2.24, 2.45) is 0 Å². The smallest absolute Gasteiger partial charge is 0.352 e. The standard InChI is InChI=1S/C20H18ClNO4/c1-3-22(4-2)13-10-11-15-16(12-13)26-20(24)17(18(15)21)19(23)25-14-8-6-5-7-9-14/h5-12H,3-4H2,1-2H3. The second-order valence-electron chi connectivity index (χ2n) is 5.63. The summed E-state index contributed by atoms with van der Waals surface area (Å²) in [5, 5.41) is 0.519. The van der Waals surface area contributed by atoms with Gasteiger partial charge in [-0.3, -0.25) is 0 Å². The van der Waals surface area contributed by atoms with Gasteiger partial charge in [0.25, 0.3) is 0 Å². The molecule has 0 bridgehead atoms. The van der Waals surface area contributed by atoms with Gasteiger partial charge < -0.3 is 14.1 Å². The van der Waals surface area contributed by atoms with Crippen LogP contribution in [-0.4, -0.2) is 19.1 Å². The average molecular weight is 372 g/mol. The third-order valence-corrected chi connectivity index (χ3v) is 4.51. The number of carbonyl (C=O) groups excluding carboxylic acids is 1. The normalized spacial score (nSPS) is 10.7. The molecule has 0 amide bonds. The Morgan fingerprint density at radius 3 is 2.46 bits per heavy atom. The fourth-order valence-electron chi connectivity index (χ4n) is 2.76. The Morgan fingerprint density at radius 2 is 1.81 bits per heavy atom. The summed E-state index contributed by atoms with van der Waals surface area (Å²) < 4.78 is 10.6. The van der Waals surface area contributed by atoms with Crippen LogP contribution in [0, 0.1) is 0 Å². The van der Waals surface area contributed by atoms with Crippen molar-refractivity contribution in [1.82, 2.24) is 0 Å². The largest absolute Gasteiger partial charge is 0.423 e. The van der Waals surface area contributed by atoms with Crippen molar-refractivity contribution >= 4 is 34.2 Å². The maximum Gasteiger partial charge on any atom is 0.352 e. The van der Waals surface area contributed by atoms with E-state index in [1.165, 1.54) is 0 Å². The second kappa shape index (κ2) is 7.62. The summed E-state index contributed by atoms with van der Waals surface area (Å²) in [7, 11) is 0. The number of fused-ring (bicyclic) bond motifs is 1. The molecule has 26 heavy (non-hydrogen) atoms. The second-order valence-corrected chi connectivity index (χ2v) is 6.01. The molecular weight excluding hydrogens is 354 g/mol. The fraction of sp³-hybridized carbons (Fsp3) is 0.200. The first-order chi connectivity index (χ1) is 12.5. The summed E-state index contributed by atoms with van der Waals surface area (Å²) in [5.41, 5.74) is 0.126. The zero-order valence-electron chi connectivity index (χ0n) is 14.5. The summed E-state index contributed by atoms with van der Waals surface area (Å²) in [6, 6.07) is 13.9. The molecular formula is C20H18ClNO4. The van der Waals surface area contributed by atoms with E-state index < -0.39 is 11.6 Å². The minimum atomic E-state index is -0.843. The van der Waals surface area contributed by atoms with Crippen LogP contribution in [0.5, 0.6) is 5.75 Å². The molecule has 0 N–H and O–H groups in total. The quantitative estimate of drug-likeness (QED) is 0.375. The molecule has 0 aliphatic rings. The number of hydrogen-bond acceptors (Lipinski definition) is 5. The molecule has 1 heterocycles. The third kappa shape index (κ3) is 3.44. The van der Waals surface area contributed by atoms with Crippen LogP contribution in [0.3, 0.4) is 0 Å². The fourth-order valence-corrected chi connectivity index (χ4v) is 3.07. The number of anilines is 1. The van der Waals surface area contributed by atoms with E-state index in [0.29, 0.717) is 16.7 Å². The predicted molar refractivity (Wildman–Crippen MR) is 102 cm³/mol. The maximum absolute atomic E-state index is 12.4. The van der Waals surface area contributed by atoms with E-state index in [2.05, 4.69) is 4.90 Å². The molecule has 3 rings (SSSR count). The van der Waals surface area contributed by atoms with Gasteiger partial charge in [0.1, 0.15) is 11.3 Å². The zero-order valence-corrected chi connectivity index (χ0v) is 15.2. The SMILES string of the molecule is CCN(CC)c1ccc2c(Cl)c(C(=O)Oc3ccccc3)c(=O)oc2c1. The lowest BCUT2D eigenvalue weighted by Gasteiger charge is -2.21. The van der Waals surface area contributed by atoms with Crippen LogP contribution in [0.4, 0.5) is 5.69 Å². The first kappa shape index (κ1) is 18.0. The van der Waals surface area contributed by atoms with Crippen molar-refractivity contribution in [2.45, 2.75) is 13.8 Å². The Balaban J connectivity index is 2.04. The number of halogens is 1. The van der Waals surface area contributed by atoms with Crippen LogP contribution < -0.4 is 15.3 Å². The van der Waals surface area contributed by atoms with E-state index >= 15 is 0 Å². The van der Waals surface area contributed by atoms with E-state index in [4.69, 9.17) is 20.8 Å². The predicted octanol–water partition coefficient (Wildman–Crippen LogP) is 4.51. The van der Waals surface area contributed by atoms with Crippen molar-refractivity contribution in [1.29, 1.82) is 0 Å². The molecule has 0 spiro atoms. The third-order valence-electron chi connectivity index (χ3n) is 4.11. The monoisotopic (exact) mass is 371 g/mol. The molecule has 0 saturated heterocycles. The molecule has 0 fully saturated rings. The van der Waals surface area contributed by atoms with E-state index in [1.807, 2.05) is 19.9 Å². The highest BCUT2D eigenvalue weighted by molar-refractivity contribution is 6.38. The van der Waals surface area contributed by atoms with Crippen molar-refractivity contribution in [3.8, 4) is 5.75 Å². The molecule has 3 aromatic rings. The Labute approximate surface area is 155 Å². The number of hydrogen-bond donors (Lipinski definition) is 0. The van der Waals surface area contributed by atoms with Crippen LogP contribution >= 0.6 is 11.6 Å². The number of nitrogens with zero attached hydrogens (tertiary/aromatic N) is 1. The molecule has 0 atom stereocenters. The topological polar surface area (TPSA) is 59.8 Å². The molecule has 0 aliphatic heterocycles. The average Bonchev–Trinajstić information content (AvgIpc) is 2.63. The van der Waals surface area contributed by atoms with E-state index in [9.17, 15) is 9.59 Å². The summed E-state index contributed by atoms with van der Waals surface area (Å²) in [5.74, 6) is -0.519. The highest BCUT2D eigenvalue weighted by atomic mass is 35.5. The Bertz CT molecular complexity index is 994. The summed E-state index contributed by atoms with van der Waals surface area (Å²) in [4.78, 5) is 26.8.